The van der Waals surface area contributed by atoms with Crippen LogP contribution in [0.15, 0.2) is 27.7 Å². The van der Waals surface area contributed by atoms with Gasteiger partial charge >= 0.3 is 6.18 Å². The van der Waals surface area contributed by atoms with Crippen molar-refractivity contribution in [1.82, 2.24) is 20.8 Å². The molecule has 0 bridgehead atoms. The molecule has 0 unspecified atom stereocenters. The van der Waals surface area contributed by atoms with Crippen molar-refractivity contribution in [1.29, 1.82) is 0 Å². The first-order valence-electron chi connectivity index (χ1n) is 10.3. The fraction of sp³-hybridized carbons (Fsp3) is 0.571. The highest BCUT2D eigenvalue weighted by atomic mass is 19.4. The summed E-state index contributed by atoms with van der Waals surface area (Å²) in [6.45, 7) is 7.87. The molecule has 2 N–H and O–H groups in total. The largest absolute Gasteiger partial charge is 0.484 e. The van der Waals surface area contributed by atoms with Gasteiger partial charge in [0.05, 0.1) is 6.54 Å². The molecule has 2 aromatic rings. The normalized spacial score (nSPS) is 12.3. The maximum Gasteiger partial charge on any atom is 0.422 e. The second-order valence-corrected chi connectivity index (χ2v) is 7.44. The Bertz CT molecular complexity index is 850. The molecule has 0 aliphatic rings. The van der Waals surface area contributed by atoms with Crippen LogP contribution in [0.5, 0.6) is 5.75 Å². The minimum atomic E-state index is -4.39. The quantitative estimate of drug-likeness (QED) is 0.328. The average Bonchev–Trinajstić information content (AvgIpc) is 3.17. The molecule has 31 heavy (non-hydrogen) atoms. The van der Waals surface area contributed by atoms with Gasteiger partial charge in [-0.2, -0.15) is 18.2 Å². The van der Waals surface area contributed by atoms with Crippen LogP contribution in [-0.2, 0) is 13.0 Å². The molecule has 0 amide bonds. The third kappa shape index (κ3) is 8.85. The van der Waals surface area contributed by atoms with Crippen LogP contribution in [0.25, 0.3) is 0 Å². The second kappa shape index (κ2) is 11.6. The van der Waals surface area contributed by atoms with Crippen LogP contribution in [-0.4, -0.2) is 42.0 Å². The number of hydrogen-bond acceptors (Lipinski definition) is 5. The van der Waals surface area contributed by atoms with Gasteiger partial charge in [0, 0.05) is 31.0 Å². The van der Waals surface area contributed by atoms with Gasteiger partial charge in [-0.25, -0.2) is 4.99 Å². The molecule has 7 nitrogen and oxygen atoms in total. The van der Waals surface area contributed by atoms with Crippen molar-refractivity contribution >= 4 is 5.96 Å². The molecule has 2 rings (SSSR count). The summed E-state index contributed by atoms with van der Waals surface area (Å²) in [6.07, 6.45) is -3.00. The number of guanidine groups is 1. The zero-order valence-electron chi connectivity index (χ0n) is 18.3. The first kappa shape index (κ1) is 24.5. The lowest BCUT2D eigenvalue weighted by molar-refractivity contribution is -0.153. The summed E-state index contributed by atoms with van der Waals surface area (Å²) in [7, 11) is 0. The van der Waals surface area contributed by atoms with Crippen LogP contribution in [0.1, 0.15) is 56.0 Å². The maximum atomic E-state index is 12.5. The lowest BCUT2D eigenvalue weighted by Gasteiger charge is -2.14. The van der Waals surface area contributed by atoms with Crippen molar-refractivity contribution in [3.05, 3.63) is 41.0 Å². The standard InChI is InChI=1S/C21H30F3N5O2/c1-5-25-20(26-10-6-7-18-28-19(14(2)3)29-31-18)27-12-16-9-8-15(4)11-17(16)30-13-21(22,23)24/h8-9,11,14H,5-7,10,12-13H2,1-4H3,(H2,25,26,27). The van der Waals surface area contributed by atoms with E-state index < -0.39 is 12.8 Å². The molecule has 1 aromatic heterocycles. The number of ether oxygens (including phenoxy) is 1. The van der Waals surface area contributed by atoms with Crippen LogP contribution in [0, 0.1) is 6.92 Å². The summed E-state index contributed by atoms with van der Waals surface area (Å²) >= 11 is 0. The van der Waals surface area contributed by atoms with Crippen molar-refractivity contribution in [2.24, 2.45) is 4.99 Å². The number of aliphatic imine (C=N–C) groups is 1. The Kier molecular flexibility index (Phi) is 9.14. The summed E-state index contributed by atoms with van der Waals surface area (Å²) in [5.41, 5.74) is 1.40. The minimum Gasteiger partial charge on any atom is -0.484 e. The predicted octanol–water partition coefficient (Wildman–Crippen LogP) is 4.13. The lowest BCUT2D eigenvalue weighted by atomic mass is 10.1. The molecule has 1 heterocycles. The molecule has 0 spiro atoms. The van der Waals surface area contributed by atoms with E-state index in [0.29, 0.717) is 42.7 Å². The Morgan fingerprint density at radius 2 is 2.03 bits per heavy atom. The molecule has 0 fully saturated rings. The number of benzene rings is 1. The van der Waals surface area contributed by atoms with E-state index in [1.165, 1.54) is 0 Å². The average molecular weight is 441 g/mol. The molecule has 0 atom stereocenters. The van der Waals surface area contributed by atoms with Gasteiger partial charge in [0.15, 0.2) is 18.4 Å². The van der Waals surface area contributed by atoms with Gasteiger partial charge in [0.25, 0.3) is 0 Å². The van der Waals surface area contributed by atoms with Gasteiger partial charge in [0.2, 0.25) is 5.89 Å². The number of rotatable bonds is 10. The van der Waals surface area contributed by atoms with Gasteiger partial charge in [-0.3, -0.25) is 0 Å². The maximum absolute atomic E-state index is 12.5. The molecule has 0 aliphatic heterocycles. The molecule has 0 saturated heterocycles. The number of aromatic nitrogens is 2. The van der Waals surface area contributed by atoms with Gasteiger partial charge in [-0.15, -0.1) is 0 Å². The second-order valence-electron chi connectivity index (χ2n) is 7.44. The third-order valence-electron chi connectivity index (χ3n) is 4.23. The van der Waals surface area contributed by atoms with E-state index in [9.17, 15) is 13.2 Å². The van der Waals surface area contributed by atoms with Crippen LogP contribution in [0.4, 0.5) is 13.2 Å². The smallest absolute Gasteiger partial charge is 0.422 e. The Labute approximate surface area is 180 Å². The molecule has 0 radical (unpaired) electrons. The Morgan fingerprint density at radius 1 is 1.26 bits per heavy atom. The van der Waals surface area contributed by atoms with Gasteiger partial charge in [-0.1, -0.05) is 31.1 Å². The first-order valence-corrected chi connectivity index (χ1v) is 10.3. The van der Waals surface area contributed by atoms with E-state index in [4.69, 9.17) is 9.26 Å². The van der Waals surface area contributed by atoms with Crippen LogP contribution >= 0.6 is 0 Å². The predicted molar refractivity (Wildman–Crippen MR) is 112 cm³/mol. The van der Waals surface area contributed by atoms with E-state index in [-0.39, 0.29) is 18.2 Å². The number of hydrogen-bond donors (Lipinski definition) is 2. The summed E-state index contributed by atoms with van der Waals surface area (Å²) in [5, 5.41) is 10.3. The van der Waals surface area contributed by atoms with E-state index in [1.807, 2.05) is 26.8 Å². The lowest BCUT2D eigenvalue weighted by Crippen LogP contribution is -2.37. The summed E-state index contributed by atoms with van der Waals surface area (Å²) < 4.78 is 47.8. The van der Waals surface area contributed by atoms with Crippen molar-refractivity contribution in [2.75, 3.05) is 19.7 Å². The Morgan fingerprint density at radius 3 is 2.68 bits per heavy atom. The topological polar surface area (TPSA) is 84.6 Å². The van der Waals surface area contributed by atoms with Crippen LogP contribution in [0.3, 0.4) is 0 Å². The number of alkyl halides is 3. The summed E-state index contributed by atoms with van der Waals surface area (Å²) in [5.74, 6) is 2.26. The zero-order chi connectivity index (χ0) is 22.9. The third-order valence-corrected chi connectivity index (χ3v) is 4.23. The van der Waals surface area contributed by atoms with Crippen LogP contribution < -0.4 is 15.4 Å². The number of halogens is 3. The highest BCUT2D eigenvalue weighted by Crippen LogP contribution is 2.24. The van der Waals surface area contributed by atoms with Crippen molar-refractivity contribution in [3.8, 4) is 5.75 Å². The van der Waals surface area contributed by atoms with E-state index in [0.717, 1.165) is 12.0 Å². The highest BCUT2D eigenvalue weighted by molar-refractivity contribution is 5.79. The zero-order valence-corrected chi connectivity index (χ0v) is 18.3. The highest BCUT2D eigenvalue weighted by Gasteiger charge is 2.28. The van der Waals surface area contributed by atoms with Crippen molar-refractivity contribution in [2.45, 2.75) is 59.2 Å². The van der Waals surface area contributed by atoms with E-state index >= 15 is 0 Å². The van der Waals surface area contributed by atoms with Crippen molar-refractivity contribution < 1.29 is 22.4 Å². The summed E-state index contributed by atoms with van der Waals surface area (Å²) in [6, 6.07) is 5.14. The fourth-order valence-corrected chi connectivity index (χ4v) is 2.64. The van der Waals surface area contributed by atoms with Gasteiger partial charge in [0.1, 0.15) is 5.75 Å². The molecule has 1 aromatic carbocycles. The molecule has 0 saturated carbocycles. The fourth-order valence-electron chi connectivity index (χ4n) is 2.64. The molecule has 10 heteroatoms. The Balaban J connectivity index is 1.92. The summed E-state index contributed by atoms with van der Waals surface area (Å²) in [4.78, 5) is 8.82. The number of aryl methyl sites for hydroxylation is 2. The van der Waals surface area contributed by atoms with E-state index in [2.05, 4.69) is 25.8 Å². The molecule has 0 aliphatic carbocycles. The molecular weight excluding hydrogens is 411 g/mol. The van der Waals surface area contributed by atoms with Gasteiger partial charge in [-0.05, 0) is 31.9 Å². The Hall–Kier alpha value is -2.78. The molecular formula is C21H30F3N5O2. The molecule has 172 valence electrons. The number of nitrogens with zero attached hydrogens (tertiary/aromatic N) is 3. The van der Waals surface area contributed by atoms with E-state index in [1.54, 1.807) is 19.1 Å². The monoisotopic (exact) mass is 441 g/mol. The number of nitrogens with one attached hydrogen (secondary N) is 2. The first-order chi connectivity index (χ1) is 14.7. The minimum absolute atomic E-state index is 0.185. The SMILES string of the molecule is CCNC(=NCc1ccc(C)cc1OCC(F)(F)F)NCCCc1nc(C(C)C)no1. The van der Waals surface area contributed by atoms with Gasteiger partial charge < -0.3 is 19.9 Å². The van der Waals surface area contributed by atoms with Crippen LogP contribution in [0.2, 0.25) is 0 Å². The van der Waals surface area contributed by atoms with Crippen molar-refractivity contribution in [3.63, 3.8) is 0 Å².